The molecule has 0 atom stereocenters. The number of nitrogens with one attached hydrogen (secondary N) is 1. The van der Waals surface area contributed by atoms with Crippen LogP contribution in [0.15, 0.2) is 12.4 Å². The quantitative estimate of drug-likeness (QED) is 0.790. The minimum Gasteiger partial charge on any atom is -0.316 e. The molecule has 0 aliphatic rings. The summed E-state index contributed by atoms with van der Waals surface area (Å²) in [5.74, 6) is 0.726. The van der Waals surface area contributed by atoms with Crippen molar-refractivity contribution < 1.29 is 0 Å². The first-order valence-corrected chi connectivity index (χ1v) is 6.57. The maximum absolute atomic E-state index is 4.20. The molecule has 0 radical (unpaired) electrons. The van der Waals surface area contributed by atoms with Crippen LogP contribution in [0.4, 0.5) is 0 Å². The van der Waals surface area contributed by atoms with Crippen LogP contribution in [0.5, 0.6) is 0 Å². The highest BCUT2D eigenvalue weighted by molar-refractivity contribution is 5.04. The minimum atomic E-state index is 0.352. The van der Waals surface area contributed by atoms with Crippen molar-refractivity contribution in [2.75, 3.05) is 13.1 Å². The van der Waals surface area contributed by atoms with Crippen molar-refractivity contribution in [3.8, 4) is 0 Å². The Morgan fingerprint density at radius 1 is 1.41 bits per heavy atom. The predicted molar refractivity (Wildman–Crippen MR) is 73.0 cm³/mol. The van der Waals surface area contributed by atoms with Gasteiger partial charge in [0.25, 0.3) is 0 Å². The summed E-state index contributed by atoms with van der Waals surface area (Å²) < 4.78 is 1.87. The lowest BCUT2D eigenvalue weighted by molar-refractivity contribution is 0.308. The molecule has 1 rings (SSSR count). The normalized spacial score (nSPS) is 12.4. The van der Waals surface area contributed by atoms with Crippen molar-refractivity contribution in [3.63, 3.8) is 0 Å². The van der Waals surface area contributed by atoms with Crippen molar-refractivity contribution in [2.24, 2.45) is 18.4 Å². The molecule has 0 spiro atoms. The topological polar surface area (TPSA) is 29.9 Å². The molecule has 0 unspecified atom stereocenters. The van der Waals surface area contributed by atoms with Gasteiger partial charge >= 0.3 is 0 Å². The van der Waals surface area contributed by atoms with Gasteiger partial charge in [0.2, 0.25) is 0 Å². The fourth-order valence-electron chi connectivity index (χ4n) is 1.87. The van der Waals surface area contributed by atoms with Crippen LogP contribution in [0.1, 0.15) is 39.7 Å². The van der Waals surface area contributed by atoms with Crippen LogP contribution in [-0.2, 0) is 13.5 Å². The molecule has 1 N–H and O–H groups in total. The predicted octanol–water partition coefficient (Wildman–Crippen LogP) is 2.62. The second kappa shape index (κ2) is 6.20. The Morgan fingerprint density at radius 2 is 2.12 bits per heavy atom. The Morgan fingerprint density at radius 3 is 2.65 bits per heavy atom. The van der Waals surface area contributed by atoms with Crippen molar-refractivity contribution in [2.45, 2.75) is 40.5 Å². The van der Waals surface area contributed by atoms with Gasteiger partial charge in [0.1, 0.15) is 0 Å². The molecule has 0 aliphatic carbocycles. The lowest BCUT2D eigenvalue weighted by Crippen LogP contribution is -2.32. The zero-order valence-corrected chi connectivity index (χ0v) is 12.0. The Labute approximate surface area is 106 Å². The van der Waals surface area contributed by atoms with E-state index >= 15 is 0 Å². The van der Waals surface area contributed by atoms with Gasteiger partial charge in [-0.2, -0.15) is 5.10 Å². The minimum absolute atomic E-state index is 0.352. The van der Waals surface area contributed by atoms with Gasteiger partial charge in [-0.05, 0) is 36.3 Å². The van der Waals surface area contributed by atoms with E-state index in [1.165, 1.54) is 12.0 Å². The van der Waals surface area contributed by atoms with Crippen LogP contribution in [0.3, 0.4) is 0 Å². The Bertz CT molecular complexity index is 326. The van der Waals surface area contributed by atoms with Crippen LogP contribution in [-0.4, -0.2) is 22.9 Å². The summed E-state index contributed by atoms with van der Waals surface area (Å²) in [6, 6.07) is 0. The average Bonchev–Trinajstić information content (AvgIpc) is 2.61. The second-order valence-corrected chi connectivity index (χ2v) is 6.21. The molecule has 0 aromatic carbocycles. The van der Waals surface area contributed by atoms with Crippen molar-refractivity contribution in [1.82, 2.24) is 15.1 Å². The molecule has 0 aliphatic heterocycles. The monoisotopic (exact) mass is 237 g/mol. The largest absolute Gasteiger partial charge is 0.316 e. The van der Waals surface area contributed by atoms with E-state index in [1.807, 2.05) is 17.9 Å². The van der Waals surface area contributed by atoms with E-state index in [-0.39, 0.29) is 0 Å². The Balaban J connectivity index is 2.28. The highest BCUT2D eigenvalue weighted by atomic mass is 15.2. The third-order valence-electron chi connectivity index (χ3n) is 3.00. The number of hydrogen-bond donors (Lipinski definition) is 1. The number of rotatable bonds is 7. The molecule has 1 aromatic rings. The van der Waals surface area contributed by atoms with Crippen LogP contribution in [0, 0.1) is 11.3 Å². The third-order valence-corrected chi connectivity index (χ3v) is 3.00. The summed E-state index contributed by atoms with van der Waals surface area (Å²) in [6.07, 6.45) is 6.39. The van der Waals surface area contributed by atoms with Gasteiger partial charge in [-0.1, -0.05) is 27.7 Å². The molecule has 3 nitrogen and oxygen atoms in total. The van der Waals surface area contributed by atoms with Crippen LogP contribution in [0.2, 0.25) is 0 Å². The maximum Gasteiger partial charge on any atom is 0.0521 e. The number of hydrogen-bond acceptors (Lipinski definition) is 2. The van der Waals surface area contributed by atoms with Gasteiger partial charge in [-0.25, -0.2) is 0 Å². The molecule has 0 saturated carbocycles. The van der Waals surface area contributed by atoms with Crippen molar-refractivity contribution >= 4 is 0 Å². The molecule has 0 saturated heterocycles. The van der Waals surface area contributed by atoms with E-state index in [1.54, 1.807) is 0 Å². The fraction of sp³-hybridized carbons (Fsp3) is 0.786. The van der Waals surface area contributed by atoms with Crippen LogP contribution >= 0.6 is 0 Å². The summed E-state index contributed by atoms with van der Waals surface area (Å²) in [5, 5.41) is 7.75. The van der Waals surface area contributed by atoms with Crippen molar-refractivity contribution in [3.05, 3.63) is 18.0 Å². The van der Waals surface area contributed by atoms with E-state index in [4.69, 9.17) is 0 Å². The summed E-state index contributed by atoms with van der Waals surface area (Å²) in [6.45, 7) is 11.3. The lowest BCUT2D eigenvalue weighted by atomic mass is 9.86. The van der Waals surface area contributed by atoms with Crippen molar-refractivity contribution in [1.29, 1.82) is 0 Å². The molecule has 1 heterocycles. The van der Waals surface area contributed by atoms with Crippen LogP contribution in [0.25, 0.3) is 0 Å². The van der Waals surface area contributed by atoms with Gasteiger partial charge in [0.05, 0.1) is 6.20 Å². The first-order valence-electron chi connectivity index (χ1n) is 6.57. The SMILES string of the molecule is CC(C)CNCC(C)(C)CCc1cnn(C)c1. The summed E-state index contributed by atoms with van der Waals surface area (Å²) in [4.78, 5) is 0. The molecule has 17 heavy (non-hydrogen) atoms. The van der Waals surface area contributed by atoms with E-state index in [2.05, 4.69) is 44.3 Å². The van der Waals surface area contributed by atoms with Gasteiger partial charge in [0.15, 0.2) is 0 Å². The molecule has 3 heteroatoms. The first-order chi connectivity index (χ1) is 7.89. The van der Waals surface area contributed by atoms with Gasteiger partial charge in [0, 0.05) is 19.8 Å². The van der Waals surface area contributed by atoms with Crippen LogP contribution < -0.4 is 5.32 Å². The molecule has 0 amide bonds. The Kier molecular flexibility index (Phi) is 5.19. The standard InChI is InChI=1S/C14H27N3/c1-12(2)8-15-11-14(3,4)7-6-13-9-16-17(5)10-13/h9-10,12,15H,6-8,11H2,1-5H3. The zero-order valence-electron chi connectivity index (χ0n) is 12.0. The molecule has 1 aromatic heterocycles. The summed E-state index contributed by atoms with van der Waals surface area (Å²) >= 11 is 0. The molecular formula is C14H27N3. The van der Waals surface area contributed by atoms with E-state index < -0.39 is 0 Å². The molecular weight excluding hydrogens is 210 g/mol. The molecule has 98 valence electrons. The van der Waals surface area contributed by atoms with Gasteiger partial charge in [-0.15, -0.1) is 0 Å². The van der Waals surface area contributed by atoms with Gasteiger partial charge < -0.3 is 5.32 Å². The molecule has 0 fully saturated rings. The van der Waals surface area contributed by atoms with E-state index in [0.29, 0.717) is 5.41 Å². The number of aromatic nitrogens is 2. The zero-order chi connectivity index (χ0) is 12.9. The summed E-state index contributed by atoms with van der Waals surface area (Å²) in [5.41, 5.74) is 1.69. The fourth-order valence-corrected chi connectivity index (χ4v) is 1.87. The average molecular weight is 237 g/mol. The highest BCUT2D eigenvalue weighted by Gasteiger charge is 2.17. The maximum atomic E-state index is 4.20. The lowest BCUT2D eigenvalue weighted by Gasteiger charge is -2.25. The van der Waals surface area contributed by atoms with Gasteiger partial charge in [-0.3, -0.25) is 4.68 Å². The van der Waals surface area contributed by atoms with E-state index in [0.717, 1.165) is 25.4 Å². The number of nitrogens with zero attached hydrogens (tertiary/aromatic N) is 2. The smallest absolute Gasteiger partial charge is 0.0521 e. The number of aryl methyl sites for hydroxylation is 2. The third kappa shape index (κ3) is 5.87. The summed E-state index contributed by atoms with van der Waals surface area (Å²) in [7, 11) is 1.97. The second-order valence-electron chi connectivity index (χ2n) is 6.21. The van der Waals surface area contributed by atoms with E-state index in [9.17, 15) is 0 Å². The molecule has 0 bridgehead atoms. The highest BCUT2D eigenvalue weighted by Crippen LogP contribution is 2.21. The first kappa shape index (κ1) is 14.2. The Hall–Kier alpha value is -0.830.